The Kier molecular flexibility index (Phi) is 6.73. The summed E-state index contributed by atoms with van der Waals surface area (Å²) < 4.78 is 40.6. The van der Waals surface area contributed by atoms with E-state index in [9.17, 15) is 22.8 Å². The highest BCUT2D eigenvalue weighted by molar-refractivity contribution is 5.94. The van der Waals surface area contributed by atoms with Crippen molar-refractivity contribution in [3.8, 4) is 0 Å². The number of nitrogens with one attached hydrogen (secondary N) is 1. The van der Waals surface area contributed by atoms with Gasteiger partial charge in [-0.2, -0.15) is 18.3 Å². The Hall–Kier alpha value is -3.20. The van der Waals surface area contributed by atoms with Gasteiger partial charge >= 0.3 is 6.18 Å². The molecule has 3 aliphatic rings. The van der Waals surface area contributed by atoms with Crippen molar-refractivity contribution in [3.63, 3.8) is 0 Å². The number of rotatable bonds is 7. The fourth-order valence-corrected chi connectivity index (χ4v) is 6.95. The van der Waals surface area contributed by atoms with E-state index < -0.39 is 17.6 Å². The van der Waals surface area contributed by atoms with Crippen molar-refractivity contribution in [2.75, 3.05) is 18.4 Å². The first kappa shape index (κ1) is 26.0. The van der Waals surface area contributed by atoms with Crippen molar-refractivity contribution in [2.24, 2.45) is 24.8 Å². The lowest BCUT2D eigenvalue weighted by Gasteiger charge is -2.36. The fraction of sp³-hybridized carbons (Fsp3) is 0.500. The molecule has 2 saturated carbocycles. The van der Waals surface area contributed by atoms with Gasteiger partial charge in [-0.25, -0.2) is 0 Å². The Balaban J connectivity index is 0.936. The van der Waals surface area contributed by atoms with Crippen LogP contribution >= 0.6 is 0 Å². The third kappa shape index (κ3) is 5.33. The van der Waals surface area contributed by atoms with E-state index in [2.05, 4.69) is 33.5 Å². The molecule has 6 rings (SSSR count). The second-order valence-corrected chi connectivity index (χ2v) is 11.5. The van der Waals surface area contributed by atoms with Crippen LogP contribution in [0.15, 0.2) is 48.7 Å². The number of piperidine rings is 1. The molecule has 9 heteroatoms. The topological polar surface area (TPSA) is 67.2 Å². The first-order chi connectivity index (χ1) is 18.7. The molecule has 1 aliphatic heterocycles. The maximum Gasteiger partial charge on any atom is 0.416 e. The highest BCUT2D eigenvalue weighted by Gasteiger charge is 2.59. The number of fused-ring (bicyclic) bond motifs is 2. The highest BCUT2D eigenvalue weighted by atomic mass is 19.4. The molecular formula is C30H33F3N4O2. The summed E-state index contributed by atoms with van der Waals surface area (Å²) in [6, 6.07) is 11.8. The Morgan fingerprint density at radius 2 is 1.74 bits per heavy atom. The zero-order valence-corrected chi connectivity index (χ0v) is 22.0. The van der Waals surface area contributed by atoms with Gasteiger partial charge in [0, 0.05) is 56.0 Å². The molecule has 1 aromatic heterocycles. The van der Waals surface area contributed by atoms with Crippen LogP contribution < -0.4 is 5.32 Å². The lowest BCUT2D eigenvalue weighted by molar-refractivity contribution is -0.137. The van der Waals surface area contributed by atoms with E-state index in [1.165, 1.54) is 48.8 Å². The van der Waals surface area contributed by atoms with Gasteiger partial charge in [-0.3, -0.25) is 19.2 Å². The van der Waals surface area contributed by atoms with Gasteiger partial charge in [0.15, 0.2) is 0 Å². The molecule has 3 atom stereocenters. The summed E-state index contributed by atoms with van der Waals surface area (Å²) in [5.41, 5.74) is 1.84. The Bertz CT molecular complexity index is 1380. The predicted molar refractivity (Wildman–Crippen MR) is 142 cm³/mol. The molecule has 3 fully saturated rings. The number of likely N-dealkylation sites (tertiary alicyclic amines) is 1. The average Bonchev–Trinajstić information content (AvgIpc) is 3.22. The normalized spacial score (nSPS) is 26.9. The minimum atomic E-state index is -4.47. The summed E-state index contributed by atoms with van der Waals surface area (Å²) in [6.45, 7) is 1.91. The Morgan fingerprint density at radius 3 is 2.46 bits per heavy atom. The largest absolute Gasteiger partial charge is 0.416 e. The van der Waals surface area contributed by atoms with Crippen molar-refractivity contribution < 1.29 is 22.8 Å². The maximum atomic E-state index is 12.9. The van der Waals surface area contributed by atoms with E-state index in [4.69, 9.17) is 0 Å². The quantitative estimate of drug-likeness (QED) is 0.414. The van der Waals surface area contributed by atoms with E-state index in [1.807, 2.05) is 17.9 Å². The van der Waals surface area contributed by atoms with E-state index in [0.29, 0.717) is 23.8 Å². The lowest BCUT2D eigenvalue weighted by Crippen LogP contribution is -2.38. The number of benzene rings is 2. The summed E-state index contributed by atoms with van der Waals surface area (Å²) >= 11 is 0. The standard InChI is InChI=1S/C30H33F3N4O2/c1-36-26-10-7-19(13-20(26)15-34-36)18-5-8-23(9-6-18)37-16-24-25(17-37)29(24)27(38)11-12-28(39)35-22-4-2-3-21(14-22)30(31,32)33/h2-4,7,10,13-15,18,23-25,29H,5-6,8-9,11-12,16-17H2,1H3,(H,35,39)/t18?,23?,24-,25+,29?. The molecule has 2 heterocycles. The predicted octanol–water partition coefficient (Wildman–Crippen LogP) is 5.78. The minimum Gasteiger partial charge on any atom is -0.326 e. The van der Waals surface area contributed by atoms with Gasteiger partial charge in [0.1, 0.15) is 5.78 Å². The van der Waals surface area contributed by atoms with Gasteiger partial charge in [0.25, 0.3) is 0 Å². The van der Waals surface area contributed by atoms with Crippen molar-refractivity contribution in [3.05, 3.63) is 59.8 Å². The molecule has 2 aromatic carbocycles. The van der Waals surface area contributed by atoms with Crippen molar-refractivity contribution in [1.82, 2.24) is 14.7 Å². The first-order valence-corrected chi connectivity index (χ1v) is 13.8. The molecular weight excluding hydrogens is 505 g/mol. The van der Waals surface area contributed by atoms with Crippen LogP contribution in [-0.4, -0.2) is 45.5 Å². The number of nitrogens with zero attached hydrogens (tertiary/aromatic N) is 3. The number of aryl methyl sites for hydroxylation is 1. The van der Waals surface area contributed by atoms with Gasteiger partial charge < -0.3 is 5.32 Å². The molecule has 1 N–H and O–H groups in total. The van der Waals surface area contributed by atoms with Crippen molar-refractivity contribution in [1.29, 1.82) is 0 Å². The van der Waals surface area contributed by atoms with Crippen LogP contribution in [0.25, 0.3) is 10.9 Å². The second-order valence-electron chi connectivity index (χ2n) is 11.5. The van der Waals surface area contributed by atoms with Crippen LogP contribution in [-0.2, 0) is 22.8 Å². The number of halogens is 3. The molecule has 1 unspecified atom stereocenters. The third-order valence-electron chi connectivity index (χ3n) is 9.12. The number of Topliss-reactive ketones (excluding diaryl/α,β-unsaturated/α-hetero) is 1. The van der Waals surface area contributed by atoms with Crippen LogP contribution in [0.4, 0.5) is 18.9 Å². The molecule has 0 spiro atoms. The summed E-state index contributed by atoms with van der Waals surface area (Å²) in [4.78, 5) is 27.6. The van der Waals surface area contributed by atoms with Gasteiger partial charge in [-0.15, -0.1) is 0 Å². The summed E-state index contributed by atoms with van der Waals surface area (Å²) in [6.07, 6.45) is 2.27. The van der Waals surface area contributed by atoms with Gasteiger partial charge in [0.05, 0.1) is 17.3 Å². The second kappa shape index (κ2) is 10.1. The number of carbonyl (C=O) groups is 2. The zero-order valence-electron chi connectivity index (χ0n) is 22.0. The highest BCUT2D eigenvalue weighted by Crippen LogP contribution is 2.54. The number of alkyl halides is 3. The van der Waals surface area contributed by atoms with E-state index in [-0.39, 0.29) is 30.2 Å². The molecule has 1 saturated heterocycles. The van der Waals surface area contributed by atoms with E-state index in [0.717, 1.165) is 30.7 Å². The monoisotopic (exact) mass is 538 g/mol. The average molecular weight is 539 g/mol. The molecule has 6 nitrogen and oxygen atoms in total. The summed E-state index contributed by atoms with van der Waals surface area (Å²) in [5, 5.41) is 8.04. The first-order valence-electron chi connectivity index (χ1n) is 13.8. The molecule has 2 aliphatic carbocycles. The van der Waals surface area contributed by atoms with Gasteiger partial charge in [0.2, 0.25) is 5.91 Å². The van der Waals surface area contributed by atoms with Gasteiger partial charge in [-0.05, 0) is 79.3 Å². The van der Waals surface area contributed by atoms with E-state index >= 15 is 0 Å². The lowest BCUT2D eigenvalue weighted by atomic mass is 9.81. The molecule has 1 amide bonds. The van der Waals surface area contributed by atoms with E-state index in [1.54, 1.807) is 0 Å². The van der Waals surface area contributed by atoms with Crippen LogP contribution in [0.3, 0.4) is 0 Å². The Labute approximate surface area is 225 Å². The smallest absolute Gasteiger partial charge is 0.326 e. The Morgan fingerprint density at radius 1 is 1.00 bits per heavy atom. The van der Waals surface area contributed by atoms with Crippen LogP contribution in [0, 0.1) is 17.8 Å². The number of hydrogen-bond donors (Lipinski definition) is 1. The van der Waals surface area contributed by atoms with Crippen molar-refractivity contribution in [2.45, 2.75) is 56.7 Å². The number of amides is 1. The van der Waals surface area contributed by atoms with Crippen LogP contribution in [0.5, 0.6) is 0 Å². The van der Waals surface area contributed by atoms with Crippen LogP contribution in [0.1, 0.15) is 55.6 Å². The summed E-state index contributed by atoms with van der Waals surface area (Å²) in [5.74, 6) is 1.06. The maximum absolute atomic E-state index is 12.9. The number of ketones is 1. The molecule has 206 valence electrons. The van der Waals surface area contributed by atoms with Crippen LogP contribution in [0.2, 0.25) is 0 Å². The SMILES string of the molecule is Cn1ncc2cc(C3CCC(N4C[C@@H]5C(C(=O)CCC(=O)Nc6cccc(C(F)(F)F)c6)[C@@H]5C4)CC3)ccc21. The minimum absolute atomic E-state index is 0.0103. The zero-order chi connectivity index (χ0) is 27.3. The fourth-order valence-electron chi connectivity index (χ4n) is 6.95. The third-order valence-corrected chi connectivity index (χ3v) is 9.12. The number of hydrogen-bond acceptors (Lipinski definition) is 4. The molecule has 0 radical (unpaired) electrons. The summed E-state index contributed by atoms with van der Waals surface area (Å²) in [7, 11) is 1.97. The van der Waals surface area contributed by atoms with Crippen molar-refractivity contribution >= 4 is 28.3 Å². The number of aromatic nitrogens is 2. The number of carbonyl (C=O) groups excluding carboxylic acids is 2. The molecule has 39 heavy (non-hydrogen) atoms. The molecule has 0 bridgehead atoms. The molecule has 3 aromatic rings. The number of anilines is 1. The van der Waals surface area contributed by atoms with Gasteiger partial charge in [-0.1, -0.05) is 12.1 Å².